The fourth-order valence-electron chi connectivity index (χ4n) is 3.40. The van der Waals surface area contributed by atoms with E-state index in [1.807, 2.05) is 26.0 Å². The summed E-state index contributed by atoms with van der Waals surface area (Å²) in [5.41, 5.74) is 10.0. The van der Waals surface area contributed by atoms with Gasteiger partial charge in [0.1, 0.15) is 40.9 Å². The Kier molecular flexibility index (Phi) is 7.50. The molecule has 0 radical (unpaired) electrons. The number of thioether (sulfide) groups is 1. The van der Waals surface area contributed by atoms with Crippen LogP contribution in [-0.4, -0.2) is 23.1 Å². The molecule has 0 saturated carbocycles. The molecule has 0 aliphatic rings. The molecule has 0 atom stereocenters. The van der Waals surface area contributed by atoms with Crippen molar-refractivity contribution in [3.63, 3.8) is 0 Å². The summed E-state index contributed by atoms with van der Waals surface area (Å²) in [6.07, 6.45) is 1.64. The molecule has 0 aliphatic carbocycles. The Bertz CT molecular complexity index is 1300. The number of nitrogen functional groups attached to an aromatic ring is 1. The molecule has 7 heteroatoms. The number of rotatable bonds is 8. The number of pyridine rings is 1. The van der Waals surface area contributed by atoms with Gasteiger partial charge in [0.25, 0.3) is 0 Å². The third-order valence-corrected chi connectivity index (χ3v) is 5.92. The van der Waals surface area contributed by atoms with Crippen molar-refractivity contribution in [1.29, 1.82) is 10.5 Å². The van der Waals surface area contributed by atoms with Crippen molar-refractivity contribution in [3.8, 4) is 29.0 Å². The second-order valence-electron chi connectivity index (χ2n) is 7.31. The highest BCUT2D eigenvalue weighted by Gasteiger charge is 2.21. The number of carbonyl (C=O) groups is 1. The molecule has 0 aliphatic heterocycles. The second kappa shape index (κ2) is 10.5. The van der Waals surface area contributed by atoms with Gasteiger partial charge in [0.15, 0.2) is 5.78 Å². The Morgan fingerprint density at radius 2 is 1.85 bits per heavy atom. The third kappa shape index (κ3) is 5.23. The van der Waals surface area contributed by atoms with Crippen LogP contribution in [0, 0.1) is 36.5 Å². The fourth-order valence-corrected chi connectivity index (χ4v) is 4.28. The Morgan fingerprint density at radius 3 is 2.45 bits per heavy atom. The van der Waals surface area contributed by atoms with Crippen molar-refractivity contribution in [2.45, 2.75) is 18.9 Å². The van der Waals surface area contributed by atoms with E-state index in [1.54, 1.807) is 36.4 Å². The number of ether oxygens (including phenoxy) is 1. The number of hydrogen-bond donors (Lipinski definition) is 1. The lowest BCUT2D eigenvalue weighted by Gasteiger charge is -2.13. The van der Waals surface area contributed by atoms with Gasteiger partial charge in [0.05, 0.1) is 11.3 Å². The van der Waals surface area contributed by atoms with Crippen LogP contribution in [0.2, 0.25) is 0 Å². The van der Waals surface area contributed by atoms with Gasteiger partial charge in [-0.1, -0.05) is 60.3 Å². The lowest BCUT2D eigenvalue weighted by atomic mass is 9.97. The molecule has 0 fully saturated rings. The van der Waals surface area contributed by atoms with Crippen LogP contribution in [-0.2, 0) is 0 Å². The Morgan fingerprint density at radius 1 is 1.15 bits per heavy atom. The summed E-state index contributed by atoms with van der Waals surface area (Å²) in [6, 6.07) is 16.9. The molecular formula is C26H22N4O2S. The Hall–Kier alpha value is -4.07. The molecule has 2 aromatic carbocycles. The van der Waals surface area contributed by atoms with Crippen molar-refractivity contribution >= 4 is 23.4 Å². The zero-order chi connectivity index (χ0) is 24.0. The quantitative estimate of drug-likeness (QED) is 0.282. The highest BCUT2D eigenvalue weighted by molar-refractivity contribution is 8.00. The van der Waals surface area contributed by atoms with E-state index in [2.05, 4.69) is 23.7 Å². The Balaban J connectivity index is 1.98. The van der Waals surface area contributed by atoms with Crippen LogP contribution in [0.4, 0.5) is 5.82 Å². The van der Waals surface area contributed by atoms with E-state index in [4.69, 9.17) is 10.5 Å². The molecule has 0 spiro atoms. The van der Waals surface area contributed by atoms with Gasteiger partial charge < -0.3 is 10.5 Å². The van der Waals surface area contributed by atoms with E-state index >= 15 is 0 Å². The SMILES string of the molecule is C=CCOc1ccc(-c2c(C#N)c(N)nc(SCC(=O)c3ccc(C)cc3C)c2C#N)cc1. The van der Waals surface area contributed by atoms with E-state index in [-0.39, 0.29) is 28.5 Å². The lowest BCUT2D eigenvalue weighted by Crippen LogP contribution is -2.07. The van der Waals surface area contributed by atoms with Gasteiger partial charge in [0, 0.05) is 11.1 Å². The maximum atomic E-state index is 12.8. The molecule has 0 amide bonds. The molecule has 3 rings (SSSR count). The van der Waals surface area contributed by atoms with Gasteiger partial charge >= 0.3 is 0 Å². The van der Waals surface area contributed by atoms with Gasteiger partial charge in [-0.3, -0.25) is 4.79 Å². The maximum Gasteiger partial charge on any atom is 0.173 e. The Labute approximate surface area is 197 Å². The summed E-state index contributed by atoms with van der Waals surface area (Å²) >= 11 is 1.14. The minimum Gasteiger partial charge on any atom is -0.490 e. The average Bonchev–Trinajstić information content (AvgIpc) is 2.81. The van der Waals surface area contributed by atoms with Gasteiger partial charge in [-0.05, 0) is 37.1 Å². The average molecular weight is 455 g/mol. The number of aryl methyl sites for hydroxylation is 2. The number of nitrogens with two attached hydrogens (primary N) is 1. The molecule has 2 N–H and O–H groups in total. The molecule has 1 heterocycles. The number of nitrogens with zero attached hydrogens (tertiary/aromatic N) is 3. The van der Waals surface area contributed by atoms with E-state index in [1.165, 1.54) is 0 Å². The monoisotopic (exact) mass is 454 g/mol. The van der Waals surface area contributed by atoms with E-state index in [0.717, 1.165) is 22.9 Å². The van der Waals surface area contributed by atoms with Crippen LogP contribution >= 0.6 is 11.8 Å². The van der Waals surface area contributed by atoms with Crippen molar-refractivity contribution in [2.24, 2.45) is 0 Å². The molecule has 6 nitrogen and oxygen atoms in total. The number of anilines is 1. The van der Waals surface area contributed by atoms with Crippen LogP contribution in [0.3, 0.4) is 0 Å². The van der Waals surface area contributed by atoms with Gasteiger partial charge in [-0.15, -0.1) is 0 Å². The first-order chi connectivity index (χ1) is 15.9. The number of nitriles is 2. The first-order valence-electron chi connectivity index (χ1n) is 10.1. The highest BCUT2D eigenvalue weighted by Crippen LogP contribution is 2.36. The lowest BCUT2D eigenvalue weighted by molar-refractivity contribution is 0.102. The predicted molar refractivity (Wildman–Crippen MR) is 130 cm³/mol. The minimum atomic E-state index is -0.0728. The minimum absolute atomic E-state index is 0.0138. The molecule has 0 bridgehead atoms. The van der Waals surface area contributed by atoms with E-state index < -0.39 is 0 Å². The van der Waals surface area contributed by atoms with Gasteiger partial charge in [0.2, 0.25) is 0 Å². The summed E-state index contributed by atoms with van der Waals surface area (Å²) in [6.45, 7) is 7.85. The van der Waals surface area contributed by atoms with Gasteiger partial charge in [-0.2, -0.15) is 10.5 Å². The topological polar surface area (TPSA) is 113 Å². The molecule has 0 saturated heterocycles. The third-order valence-electron chi connectivity index (χ3n) is 4.95. The van der Waals surface area contributed by atoms with Crippen molar-refractivity contribution < 1.29 is 9.53 Å². The van der Waals surface area contributed by atoms with Crippen LogP contribution in [0.15, 0.2) is 60.1 Å². The predicted octanol–water partition coefficient (Wildman–Crippen LogP) is 5.23. The summed E-state index contributed by atoms with van der Waals surface area (Å²) in [5.74, 6) is 0.660. The number of hydrogen-bond acceptors (Lipinski definition) is 7. The maximum absolute atomic E-state index is 12.8. The normalized spacial score (nSPS) is 10.2. The number of benzene rings is 2. The number of carbonyl (C=O) groups excluding carboxylic acids is 1. The van der Waals surface area contributed by atoms with Crippen LogP contribution in [0.25, 0.3) is 11.1 Å². The van der Waals surface area contributed by atoms with Crippen molar-refractivity contribution in [2.75, 3.05) is 18.1 Å². The molecular weight excluding hydrogens is 432 g/mol. The largest absolute Gasteiger partial charge is 0.490 e. The standard InChI is InChI=1S/C26H22N4O2S/c1-4-11-32-19-8-6-18(7-9-19)24-21(13-27)25(29)30-26(22(24)14-28)33-15-23(31)20-10-5-16(2)12-17(20)3/h4-10,12H,1,11,15H2,2-3H3,(H2,29,30). The summed E-state index contributed by atoms with van der Waals surface area (Å²) < 4.78 is 5.50. The molecule has 3 aromatic rings. The molecule has 0 unspecified atom stereocenters. The number of ketones is 1. The molecule has 33 heavy (non-hydrogen) atoms. The smallest absolute Gasteiger partial charge is 0.173 e. The van der Waals surface area contributed by atoms with Crippen LogP contribution in [0.5, 0.6) is 5.75 Å². The number of Topliss-reactive ketones (excluding diaryl/α,β-unsaturated/α-hetero) is 1. The zero-order valence-electron chi connectivity index (χ0n) is 18.4. The first-order valence-corrected chi connectivity index (χ1v) is 11.1. The first kappa shape index (κ1) is 23.6. The van der Waals surface area contributed by atoms with E-state index in [0.29, 0.717) is 34.1 Å². The van der Waals surface area contributed by atoms with Crippen LogP contribution < -0.4 is 10.5 Å². The molecule has 164 valence electrons. The van der Waals surface area contributed by atoms with Crippen molar-refractivity contribution in [1.82, 2.24) is 4.98 Å². The fraction of sp³-hybridized carbons (Fsp3) is 0.154. The van der Waals surface area contributed by atoms with Crippen molar-refractivity contribution in [3.05, 3.63) is 82.9 Å². The zero-order valence-corrected chi connectivity index (χ0v) is 19.2. The second-order valence-corrected chi connectivity index (χ2v) is 8.27. The van der Waals surface area contributed by atoms with Gasteiger partial charge in [-0.25, -0.2) is 4.98 Å². The highest BCUT2D eigenvalue weighted by atomic mass is 32.2. The van der Waals surface area contributed by atoms with E-state index in [9.17, 15) is 15.3 Å². The van der Waals surface area contributed by atoms with Crippen LogP contribution in [0.1, 0.15) is 32.6 Å². The summed E-state index contributed by atoms with van der Waals surface area (Å²) in [4.78, 5) is 17.1. The number of aromatic nitrogens is 1. The summed E-state index contributed by atoms with van der Waals surface area (Å²) in [7, 11) is 0. The molecule has 1 aromatic heterocycles. The summed E-state index contributed by atoms with van der Waals surface area (Å²) in [5, 5.41) is 19.9.